The van der Waals surface area contributed by atoms with Crippen molar-refractivity contribution in [3.63, 3.8) is 0 Å². The smallest absolute Gasteiger partial charge is 0.239 e. The molecule has 1 aromatic heterocycles. The van der Waals surface area contributed by atoms with Gasteiger partial charge in [0.1, 0.15) is 6.04 Å². The molecule has 1 rings (SSSR count). The van der Waals surface area contributed by atoms with Crippen LogP contribution in [0.25, 0.3) is 0 Å². The zero-order valence-corrected chi connectivity index (χ0v) is 10.3. The summed E-state index contributed by atoms with van der Waals surface area (Å²) < 4.78 is 1.81. The Morgan fingerprint density at radius 2 is 2.06 bits per heavy atom. The Morgan fingerprint density at radius 3 is 2.44 bits per heavy atom. The Morgan fingerprint density at radius 1 is 1.44 bits per heavy atom. The molecule has 1 heterocycles. The minimum atomic E-state index is -0.465. The fraction of sp³-hybridized carbons (Fsp3) is 0.636. The van der Waals surface area contributed by atoms with E-state index in [4.69, 9.17) is 5.73 Å². The Kier molecular flexibility index (Phi) is 4.06. The monoisotopic (exact) mass is 224 g/mol. The molecule has 90 valence electrons. The summed E-state index contributed by atoms with van der Waals surface area (Å²) in [6, 6.07) is 0.00808. The molecular weight excluding hydrogens is 204 g/mol. The van der Waals surface area contributed by atoms with Gasteiger partial charge in [0.15, 0.2) is 0 Å². The second-order valence-corrected chi connectivity index (χ2v) is 4.50. The van der Waals surface area contributed by atoms with Crippen LogP contribution in [-0.2, 0) is 4.79 Å². The van der Waals surface area contributed by atoms with E-state index in [1.807, 2.05) is 38.6 Å². The molecule has 1 aromatic rings. The van der Waals surface area contributed by atoms with E-state index in [1.165, 1.54) is 0 Å². The Labute approximate surface area is 96.0 Å². The fourth-order valence-corrected chi connectivity index (χ4v) is 1.46. The first-order valence-electron chi connectivity index (χ1n) is 5.51. The maximum atomic E-state index is 11.3. The Bertz CT molecular complexity index is 357. The standard InChI is InChI=1S/C11H20N4O/c1-7(2)14-10(11(12)16)9-5-13-15(6-9)8(3)4/h5-8,10,14H,1-4H3,(H2,12,16). The summed E-state index contributed by atoms with van der Waals surface area (Å²) in [5, 5.41) is 7.32. The van der Waals surface area contributed by atoms with Gasteiger partial charge in [-0.1, -0.05) is 0 Å². The predicted molar refractivity (Wildman–Crippen MR) is 62.8 cm³/mol. The van der Waals surface area contributed by atoms with Crippen molar-refractivity contribution in [3.05, 3.63) is 18.0 Å². The van der Waals surface area contributed by atoms with E-state index >= 15 is 0 Å². The lowest BCUT2D eigenvalue weighted by Gasteiger charge is -2.16. The maximum absolute atomic E-state index is 11.3. The molecular formula is C11H20N4O. The third-order valence-electron chi connectivity index (χ3n) is 2.27. The number of nitrogens with two attached hydrogens (primary N) is 1. The summed E-state index contributed by atoms with van der Waals surface area (Å²) in [6.07, 6.45) is 3.54. The first-order valence-corrected chi connectivity index (χ1v) is 5.51. The number of carbonyl (C=O) groups is 1. The molecule has 0 spiro atoms. The number of carbonyl (C=O) groups excluding carboxylic acids is 1. The van der Waals surface area contributed by atoms with Crippen LogP contribution in [0.15, 0.2) is 12.4 Å². The van der Waals surface area contributed by atoms with Crippen molar-refractivity contribution in [2.24, 2.45) is 5.73 Å². The highest BCUT2D eigenvalue weighted by Gasteiger charge is 2.20. The van der Waals surface area contributed by atoms with Crippen LogP contribution >= 0.6 is 0 Å². The molecule has 0 radical (unpaired) electrons. The van der Waals surface area contributed by atoms with E-state index in [2.05, 4.69) is 10.4 Å². The minimum absolute atomic E-state index is 0.194. The van der Waals surface area contributed by atoms with Gasteiger partial charge in [-0.2, -0.15) is 5.10 Å². The van der Waals surface area contributed by atoms with Crippen molar-refractivity contribution >= 4 is 5.91 Å². The van der Waals surface area contributed by atoms with Gasteiger partial charge in [0.2, 0.25) is 5.91 Å². The number of amides is 1. The lowest BCUT2D eigenvalue weighted by molar-refractivity contribution is -0.120. The fourth-order valence-electron chi connectivity index (χ4n) is 1.46. The molecule has 0 saturated heterocycles. The van der Waals surface area contributed by atoms with Crippen LogP contribution in [0, 0.1) is 0 Å². The molecule has 1 unspecified atom stereocenters. The molecule has 0 bridgehead atoms. The summed E-state index contributed by atoms with van der Waals surface area (Å²) >= 11 is 0. The van der Waals surface area contributed by atoms with E-state index in [9.17, 15) is 4.79 Å². The third-order valence-corrected chi connectivity index (χ3v) is 2.27. The number of nitrogens with one attached hydrogen (secondary N) is 1. The number of rotatable bonds is 5. The maximum Gasteiger partial charge on any atom is 0.239 e. The average Bonchev–Trinajstić information content (AvgIpc) is 2.61. The molecule has 1 amide bonds. The highest BCUT2D eigenvalue weighted by molar-refractivity contribution is 5.81. The van der Waals surface area contributed by atoms with Gasteiger partial charge in [0.25, 0.3) is 0 Å². The van der Waals surface area contributed by atoms with Crippen LogP contribution in [0.2, 0.25) is 0 Å². The molecule has 5 nitrogen and oxygen atoms in total. The largest absolute Gasteiger partial charge is 0.368 e. The topological polar surface area (TPSA) is 72.9 Å². The van der Waals surface area contributed by atoms with E-state index in [1.54, 1.807) is 6.20 Å². The summed E-state index contributed by atoms with van der Waals surface area (Å²) in [5.41, 5.74) is 6.18. The zero-order chi connectivity index (χ0) is 12.3. The molecule has 0 aliphatic heterocycles. The van der Waals surface area contributed by atoms with Crippen molar-refractivity contribution < 1.29 is 4.79 Å². The molecule has 1 atom stereocenters. The van der Waals surface area contributed by atoms with Gasteiger partial charge in [-0.3, -0.25) is 14.8 Å². The number of nitrogens with zero attached hydrogens (tertiary/aromatic N) is 2. The lowest BCUT2D eigenvalue weighted by atomic mass is 10.1. The van der Waals surface area contributed by atoms with E-state index in [0.717, 1.165) is 5.56 Å². The molecule has 5 heteroatoms. The molecule has 3 N–H and O–H groups in total. The second kappa shape index (κ2) is 5.12. The van der Waals surface area contributed by atoms with Crippen LogP contribution in [0.1, 0.15) is 45.3 Å². The number of primary amides is 1. The van der Waals surface area contributed by atoms with Gasteiger partial charge < -0.3 is 5.73 Å². The highest BCUT2D eigenvalue weighted by atomic mass is 16.1. The van der Waals surface area contributed by atoms with Gasteiger partial charge in [0, 0.05) is 23.8 Å². The zero-order valence-electron chi connectivity index (χ0n) is 10.3. The van der Waals surface area contributed by atoms with E-state index < -0.39 is 6.04 Å². The summed E-state index contributed by atoms with van der Waals surface area (Å²) in [5.74, 6) is -0.378. The van der Waals surface area contributed by atoms with Gasteiger partial charge >= 0.3 is 0 Å². The first kappa shape index (κ1) is 12.7. The van der Waals surface area contributed by atoms with Gasteiger partial charge in [0.05, 0.1) is 6.20 Å². The molecule has 0 saturated carbocycles. The molecule has 0 aromatic carbocycles. The Hall–Kier alpha value is -1.36. The van der Waals surface area contributed by atoms with Crippen molar-refractivity contribution in [1.29, 1.82) is 0 Å². The van der Waals surface area contributed by atoms with Crippen molar-refractivity contribution in [2.45, 2.75) is 45.8 Å². The molecule has 16 heavy (non-hydrogen) atoms. The van der Waals surface area contributed by atoms with Crippen LogP contribution < -0.4 is 11.1 Å². The van der Waals surface area contributed by atoms with Gasteiger partial charge in [-0.05, 0) is 27.7 Å². The lowest BCUT2D eigenvalue weighted by Crippen LogP contribution is -2.37. The minimum Gasteiger partial charge on any atom is -0.368 e. The van der Waals surface area contributed by atoms with Crippen LogP contribution in [-0.4, -0.2) is 21.7 Å². The number of aromatic nitrogens is 2. The first-order chi connectivity index (χ1) is 7.41. The number of hydrogen-bond acceptors (Lipinski definition) is 3. The van der Waals surface area contributed by atoms with Crippen molar-refractivity contribution in [1.82, 2.24) is 15.1 Å². The van der Waals surface area contributed by atoms with Gasteiger partial charge in [-0.15, -0.1) is 0 Å². The Balaban J connectivity index is 2.88. The predicted octanol–water partition coefficient (Wildman–Crippen LogP) is 0.988. The van der Waals surface area contributed by atoms with Crippen LogP contribution in [0.4, 0.5) is 0 Å². The normalized spacial score (nSPS) is 13.4. The molecule has 0 fully saturated rings. The number of hydrogen-bond donors (Lipinski definition) is 2. The quantitative estimate of drug-likeness (QED) is 0.783. The third kappa shape index (κ3) is 3.06. The SMILES string of the molecule is CC(C)NC(C(N)=O)c1cnn(C(C)C)c1. The van der Waals surface area contributed by atoms with E-state index in [-0.39, 0.29) is 18.0 Å². The summed E-state index contributed by atoms with van der Waals surface area (Å²) in [4.78, 5) is 11.3. The average molecular weight is 224 g/mol. The molecule has 0 aliphatic rings. The van der Waals surface area contributed by atoms with Crippen LogP contribution in [0.3, 0.4) is 0 Å². The van der Waals surface area contributed by atoms with Gasteiger partial charge in [-0.25, -0.2) is 0 Å². The van der Waals surface area contributed by atoms with E-state index in [0.29, 0.717) is 0 Å². The summed E-state index contributed by atoms with van der Waals surface area (Å²) in [7, 11) is 0. The van der Waals surface area contributed by atoms with Crippen molar-refractivity contribution in [3.8, 4) is 0 Å². The second-order valence-electron chi connectivity index (χ2n) is 4.50. The van der Waals surface area contributed by atoms with Crippen molar-refractivity contribution in [2.75, 3.05) is 0 Å². The van der Waals surface area contributed by atoms with Crippen LogP contribution in [0.5, 0.6) is 0 Å². The highest BCUT2D eigenvalue weighted by Crippen LogP contribution is 2.14. The molecule has 0 aliphatic carbocycles. The summed E-state index contributed by atoms with van der Waals surface area (Å²) in [6.45, 7) is 8.02.